The molecule has 4 heteroatoms. The number of carboxylic acids is 1. The third-order valence-corrected chi connectivity index (χ3v) is 3.49. The quantitative estimate of drug-likeness (QED) is 0.391. The summed E-state index contributed by atoms with van der Waals surface area (Å²) in [7, 11) is 0. The standard InChI is InChI=1S/C14H24O4/c1-2-3-4-5-6-7-8-9-11-10-12(13(15)16)14(17)18-11/h11-12H,2-10H2,1H3,(H,15,16). The third-order valence-electron chi connectivity index (χ3n) is 3.49. The minimum absolute atomic E-state index is 0.172. The van der Waals surface area contributed by atoms with E-state index in [9.17, 15) is 9.59 Å². The highest BCUT2D eigenvalue weighted by Gasteiger charge is 2.38. The fourth-order valence-corrected chi connectivity index (χ4v) is 2.36. The Balaban J connectivity index is 2.04. The van der Waals surface area contributed by atoms with E-state index in [1.807, 2.05) is 0 Å². The van der Waals surface area contributed by atoms with Gasteiger partial charge in [0.25, 0.3) is 0 Å². The highest BCUT2D eigenvalue weighted by atomic mass is 16.6. The number of carbonyl (C=O) groups is 2. The van der Waals surface area contributed by atoms with Gasteiger partial charge in [0, 0.05) is 6.42 Å². The van der Waals surface area contributed by atoms with Crippen molar-refractivity contribution >= 4 is 11.9 Å². The van der Waals surface area contributed by atoms with E-state index >= 15 is 0 Å². The van der Waals surface area contributed by atoms with E-state index in [4.69, 9.17) is 9.84 Å². The van der Waals surface area contributed by atoms with Gasteiger partial charge in [-0.15, -0.1) is 0 Å². The van der Waals surface area contributed by atoms with Gasteiger partial charge < -0.3 is 9.84 Å². The number of ether oxygens (including phenoxy) is 1. The summed E-state index contributed by atoms with van der Waals surface area (Å²) >= 11 is 0. The van der Waals surface area contributed by atoms with Gasteiger partial charge in [-0.1, -0.05) is 45.4 Å². The van der Waals surface area contributed by atoms with Crippen LogP contribution in [0.5, 0.6) is 0 Å². The Morgan fingerprint density at radius 2 is 1.83 bits per heavy atom. The van der Waals surface area contributed by atoms with E-state index in [0.29, 0.717) is 6.42 Å². The van der Waals surface area contributed by atoms with Crippen molar-refractivity contribution in [1.29, 1.82) is 0 Å². The summed E-state index contributed by atoms with van der Waals surface area (Å²) < 4.78 is 5.06. The lowest BCUT2D eigenvalue weighted by molar-refractivity contribution is -0.152. The average molecular weight is 256 g/mol. The molecule has 0 radical (unpaired) electrons. The first kappa shape index (κ1) is 15.0. The lowest BCUT2D eigenvalue weighted by Crippen LogP contribution is -2.17. The number of hydrogen-bond acceptors (Lipinski definition) is 3. The van der Waals surface area contributed by atoms with Gasteiger partial charge in [0.05, 0.1) is 0 Å². The second-order valence-electron chi connectivity index (χ2n) is 5.10. The minimum atomic E-state index is -1.05. The van der Waals surface area contributed by atoms with Gasteiger partial charge in [-0.2, -0.15) is 0 Å². The van der Waals surface area contributed by atoms with Gasteiger partial charge in [0.2, 0.25) is 0 Å². The van der Waals surface area contributed by atoms with Crippen molar-refractivity contribution in [2.45, 2.75) is 70.8 Å². The van der Waals surface area contributed by atoms with Crippen LogP contribution >= 0.6 is 0 Å². The van der Waals surface area contributed by atoms with Gasteiger partial charge in [0.15, 0.2) is 5.92 Å². The third kappa shape index (κ3) is 5.07. The molecule has 1 fully saturated rings. The SMILES string of the molecule is CCCCCCCCCC1CC(C(=O)O)C(=O)O1. The van der Waals surface area contributed by atoms with Gasteiger partial charge in [-0.3, -0.25) is 9.59 Å². The fourth-order valence-electron chi connectivity index (χ4n) is 2.36. The summed E-state index contributed by atoms with van der Waals surface area (Å²) in [5.74, 6) is -2.54. The molecule has 104 valence electrons. The molecule has 1 aliphatic rings. The Kier molecular flexibility index (Phi) is 6.76. The summed E-state index contributed by atoms with van der Waals surface area (Å²) in [5, 5.41) is 8.79. The van der Waals surface area contributed by atoms with Crippen LogP contribution < -0.4 is 0 Å². The van der Waals surface area contributed by atoms with Crippen LogP contribution in [0.4, 0.5) is 0 Å². The summed E-state index contributed by atoms with van der Waals surface area (Å²) in [6, 6.07) is 0. The lowest BCUT2D eigenvalue weighted by Gasteiger charge is -2.08. The summed E-state index contributed by atoms with van der Waals surface area (Å²) in [5.41, 5.74) is 0. The highest BCUT2D eigenvalue weighted by molar-refractivity contribution is 5.95. The van der Waals surface area contributed by atoms with E-state index in [2.05, 4.69) is 6.92 Å². The molecular formula is C14H24O4. The minimum Gasteiger partial charge on any atom is -0.481 e. The van der Waals surface area contributed by atoms with Crippen molar-refractivity contribution in [3.05, 3.63) is 0 Å². The van der Waals surface area contributed by atoms with Gasteiger partial charge in [0.1, 0.15) is 6.10 Å². The van der Waals surface area contributed by atoms with Crippen LogP contribution in [-0.2, 0) is 14.3 Å². The zero-order chi connectivity index (χ0) is 13.4. The number of cyclic esters (lactones) is 1. The number of esters is 1. The first-order valence-corrected chi connectivity index (χ1v) is 7.08. The van der Waals surface area contributed by atoms with Crippen molar-refractivity contribution in [2.75, 3.05) is 0 Å². The molecule has 1 heterocycles. The van der Waals surface area contributed by atoms with Crippen LogP contribution in [-0.4, -0.2) is 23.1 Å². The normalized spacial score (nSPS) is 23.1. The topological polar surface area (TPSA) is 63.6 Å². The monoisotopic (exact) mass is 256 g/mol. The number of aliphatic carboxylic acids is 1. The molecule has 0 spiro atoms. The van der Waals surface area contributed by atoms with E-state index in [1.165, 1.54) is 32.1 Å². The van der Waals surface area contributed by atoms with Crippen LogP contribution in [0.3, 0.4) is 0 Å². The molecule has 2 atom stereocenters. The van der Waals surface area contributed by atoms with Gasteiger partial charge in [-0.25, -0.2) is 0 Å². The Morgan fingerprint density at radius 1 is 1.22 bits per heavy atom. The van der Waals surface area contributed by atoms with Crippen molar-refractivity contribution in [2.24, 2.45) is 5.92 Å². The van der Waals surface area contributed by atoms with E-state index in [0.717, 1.165) is 19.3 Å². The van der Waals surface area contributed by atoms with Crippen molar-refractivity contribution in [1.82, 2.24) is 0 Å². The van der Waals surface area contributed by atoms with Gasteiger partial charge >= 0.3 is 11.9 Å². The Labute approximate surface area is 109 Å². The summed E-state index contributed by atoms with van der Waals surface area (Å²) in [6.07, 6.45) is 9.53. The molecule has 1 N–H and O–H groups in total. The second kappa shape index (κ2) is 8.11. The number of carboxylic acid groups (broad SMARTS) is 1. The second-order valence-corrected chi connectivity index (χ2v) is 5.10. The molecule has 1 rings (SSSR count). The van der Waals surface area contributed by atoms with E-state index in [-0.39, 0.29) is 6.10 Å². The number of carbonyl (C=O) groups excluding carboxylic acids is 1. The molecule has 0 aromatic carbocycles. The zero-order valence-corrected chi connectivity index (χ0v) is 11.2. The fraction of sp³-hybridized carbons (Fsp3) is 0.857. The first-order chi connectivity index (χ1) is 8.65. The maximum atomic E-state index is 11.2. The maximum absolute atomic E-state index is 11.2. The summed E-state index contributed by atoms with van der Waals surface area (Å²) in [4.78, 5) is 22.0. The smallest absolute Gasteiger partial charge is 0.320 e. The van der Waals surface area contributed by atoms with Crippen LogP contribution in [0.1, 0.15) is 64.7 Å². The number of rotatable bonds is 9. The molecule has 1 saturated heterocycles. The predicted octanol–water partition coefficient (Wildman–Crippen LogP) is 3.14. The molecule has 18 heavy (non-hydrogen) atoms. The van der Waals surface area contributed by atoms with Crippen LogP contribution in [0, 0.1) is 5.92 Å². The highest BCUT2D eigenvalue weighted by Crippen LogP contribution is 2.25. The molecule has 0 amide bonds. The molecule has 2 unspecified atom stereocenters. The molecule has 1 aliphatic heterocycles. The van der Waals surface area contributed by atoms with Crippen LogP contribution in [0.25, 0.3) is 0 Å². The molecular weight excluding hydrogens is 232 g/mol. The Bertz CT molecular complexity index is 275. The van der Waals surface area contributed by atoms with E-state index < -0.39 is 17.9 Å². The van der Waals surface area contributed by atoms with E-state index in [1.54, 1.807) is 0 Å². The Morgan fingerprint density at radius 3 is 2.39 bits per heavy atom. The molecule has 0 aromatic heterocycles. The zero-order valence-electron chi connectivity index (χ0n) is 11.2. The number of unbranched alkanes of at least 4 members (excludes halogenated alkanes) is 6. The Hall–Kier alpha value is -1.06. The maximum Gasteiger partial charge on any atom is 0.320 e. The lowest BCUT2D eigenvalue weighted by atomic mass is 10.0. The van der Waals surface area contributed by atoms with Crippen LogP contribution in [0.2, 0.25) is 0 Å². The van der Waals surface area contributed by atoms with Crippen LogP contribution in [0.15, 0.2) is 0 Å². The van der Waals surface area contributed by atoms with Gasteiger partial charge in [-0.05, 0) is 12.8 Å². The molecule has 0 aromatic rings. The van der Waals surface area contributed by atoms with Crippen molar-refractivity contribution < 1.29 is 19.4 Å². The predicted molar refractivity (Wildman–Crippen MR) is 68.2 cm³/mol. The molecule has 4 nitrogen and oxygen atoms in total. The largest absolute Gasteiger partial charge is 0.481 e. The van der Waals surface area contributed by atoms with Crippen molar-refractivity contribution in [3.63, 3.8) is 0 Å². The van der Waals surface area contributed by atoms with Crippen molar-refractivity contribution in [3.8, 4) is 0 Å². The molecule has 0 aliphatic carbocycles. The molecule has 0 saturated carbocycles. The first-order valence-electron chi connectivity index (χ1n) is 7.08. The molecule has 0 bridgehead atoms. The number of hydrogen-bond donors (Lipinski definition) is 1. The summed E-state index contributed by atoms with van der Waals surface area (Å²) in [6.45, 7) is 2.20. The average Bonchev–Trinajstić information content (AvgIpc) is 2.69.